The second-order valence-electron chi connectivity index (χ2n) is 8.38. The van der Waals surface area contributed by atoms with E-state index in [1.807, 2.05) is 13.8 Å². The lowest BCUT2D eigenvalue weighted by Gasteiger charge is -2.58. The molecule has 0 aromatic rings. The maximum atomic E-state index is 14.9. The largest absolute Gasteiger partial charge is 0.519 e. The predicted molar refractivity (Wildman–Crippen MR) is 102 cm³/mol. The van der Waals surface area contributed by atoms with E-state index in [1.54, 1.807) is 6.92 Å². The van der Waals surface area contributed by atoms with Crippen LogP contribution in [0.5, 0.6) is 0 Å². The fourth-order valence-corrected chi connectivity index (χ4v) is 31.4. The summed E-state index contributed by atoms with van der Waals surface area (Å²) in [6, 6.07) is 0.551. The zero-order valence-corrected chi connectivity index (χ0v) is 19.0. The molecule has 1 fully saturated rings. The van der Waals surface area contributed by atoms with E-state index in [0.717, 1.165) is 6.42 Å². The van der Waals surface area contributed by atoms with Crippen molar-refractivity contribution in [2.24, 2.45) is 0 Å². The van der Waals surface area contributed by atoms with Crippen molar-refractivity contribution >= 4 is 28.7 Å². The Kier molecular flexibility index (Phi) is 5.94. The summed E-state index contributed by atoms with van der Waals surface area (Å²) >= 11 is 0. The number of alkyl halides is 1. The Bertz CT molecular complexity index is 495. The molecule has 23 heavy (non-hydrogen) atoms. The van der Waals surface area contributed by atoms with Gasteiger partial charge in [0.25, 0.3) is 0 Å². The Labute approximate surface area is 143 Å². The lowest BCUT2D eigenvalue weighted by atomic mass is 9.99. The number of carbonyl (C=O) groups is 1. The quantitative estimate of drug-likeness (QED) is 0.516. The Balaban J connectivity index is 3.29. The van der Waals surface area contributed by atoms with E-state index < -0.39 is 34.6 Å². The number of halogens is 1. The molecule has 3 nitrogen and oxygen atoms in total. The minimum absolute atomic E-state index is 0.320. The second-order valence-corrected chi connectivity index (χ2v) is 33.7. The highest BCUT2D eigenvalue weighted by Gasteiger charge is 2.68. The molecule has 0 amide bonds. The summed E-state index contributed by atoms with van der Waals surface area (Å²) in [5.74, 6) is -0.320. The second kappa shape index (κ2) is 6.57. The molecular weight excluding hydrogens is 343 g/mol. The van der Waals surface area contributed by atoms with Crippen LogP contribution in [0.4, 0.5) is 4.39 Å². The van der Waals surface area contributed by atoms with Crippen LogP contribution in [0.3, 0.4) is 0 Å². The molecule has 3 atom stereocenters. The van der Waals surface area contributed by atoms with E-state index in [2.05, 4.69) is 39.3 Å². The maximum Gasteiger partial charge on any atom is 0.319 e. The van der Waals surface area contributed by atoms with Crippen LogP contribution in [-0.2, 0) is 13.6 Å². The van der Waals surface area contributed by atoms with Crippen LogP contribution >= 0.6 is 0 Å². The minimum atomic E-state index is -2.43. The predicted octanol–water partition coefficient (Wildman–Crippen LogP) is 4.68. The van der Waals surface area contributed by atoms with Crippen molar-refractivity contribution in [3.63, 3.8) is 0 Å². The molecule has 7 heteroatoms. The van der Waals surface area contributed by atoms with E-state index in [0.29, 0.717) is 18.0 Å². The molecule has 134 valence electrons. The fourth-order valence-electron chi connectivity index (χ4n) is 3.46. The molecule has 1 aliphatic rings. The highest BCUT2D eigenvalue weighted by atomic mass is 29.7. The third-order valence-corrected chi connectivity index (χ3v) is 42.8. The van der Waals surface area contributed by atoms with Gasteiger partial charge in [0.05, 0.1) is 5.60 Å². The van der Waals surface area contributed by atoms with Crippen molar-refractivity contribution in [3.8, 4) is 0 Å². The van der Waals surface area contributed by atoms with E-state index in [-0.39, 0.29) is 5.97 Å². The topological polar surface area (TPSA) is 35.5 Å². The summed E-state index contributed by atoms with van der Waals surface area (Å²) < 4.78 is 27.4. The average Bonchev–Trinajstić information content (AvgIpc) is 2.35. The van der Waals surface area contributed by atoms with Gasteiger partial charge in [-0.2, -0.15) is 0 Å². The minimum Gasteiger partial charge on any atom is -0.519 e. The normalized spacial score (nSPS) is 33.8. The average molecular weight is 377 g/mol. The van der Waals surface area contributed by atoms with Crippen molar-refractivity contribution in [2.45, 2.75) is 84.2 Å². The van der Waals surface area contributed by atoms with Gasteiger partial charge in [-0.25, -0.2) is 9.18 Å². The zero-order valence-electron chi connectivity index (χ0n) is 16.0. The third kappa shape index (κ3) is 3.72. The summed E-state index contributed by atoms with van der Waals surface area (Å²) in [6.07, 6.45) is 0.258. The SMILES string of the molecule is C=C(C)C(=O)O[Si]1(C)CC(C)(C(F)CCC)O[Si](C)(C)[Si]1(C)C. The van der Waals surface area contributed by atoms with Crippen LogP contribution < -0.4 is 0 Å². The number of hydrogen-bond donors (Lipinski definition) is 0. The Morgan fingerprint density at radius 1 is 1.35 bits per heavy atom. The molecule has 0 aromatic heterocycles. The standard InChI is InChI=1S/C16H33FO3Si3/c1-10-11-14(17)16(4)12-23(9,19-15(18)13(2)3)22(7,8)21(5,6)20-16/h14H,2,10-12H2,1,3-9H3. The molecule has 1 rings (SSSR count). The highest BCUT2D eigenvalue weighted by molar-refractivity contribution is 7.66. The molecule has 1 heterocycles. The highest BCUT2D eigenvalue weighted by Crippen LogP contribution is 2.47. The van der Waals surface area contributed by atoms with Gasteiger partial charge >= 0.3 is 5.97 Å². The molecule has 3 unspecified atom stereocenters. The van der Waals surface area contributed by atoms with Gasteiger partial charge in [0.15, 0.2) is 7.83 Å². The van der Waals surface area contributed by atoms with Gasteiger partial charge in [-0.15, -0.1) is 0 Å². The summed E-state index contributed by atoms with van der Waals surface area (Å²) in [6.45, 7) is 20.2. The molecule has 0 radical (unpaired) electrons. The summed E-state index contributed by atoms with van der Waals surface area (Å²) in [5, 5.41) is 0. The molecule has 0 aromatic carbocycles. The summed E-state index contributed by atoms with van der Waals surface area (Å²) in [5.41, 5.74) is -0.411. The summed E-state index contributed by atoms with van der Waals surface area (Å²) in [4.78, 5) is 12.2. The van der Waals surface area contributed by atoms with Crippen molar-refractivity contribution in [3.05, 3.63) is 12.2 Å². The summed E-state index contributed by atoms with van der Waals surface area (Å²) in [7, 11) is -6.49. The van der Waals surface area contributed by atoms with Gasteiger partial charge in [-0.3, -0.25) is 0 Å². The fraction of sp³-hybridized carbons (Fsp3) is 0.812. The van der Waals surface area contributed by atoms with E-state index >= 15 is 0 Å². The van der Waals surface area contributed by atoms with E-state index in [4.69, 9.17) is 8.85 Å². The Morgan fingerprint density at radius 3 is 2.30 bits per heavy atom. The third-order valence-electron chi connectivity index (χ3n) is 5.88. The first kappa shape index (κ1) is 20.8. The van der Waals surface area contributed by atoms with Crippen LogP contribution in [0.25, 0.3) is 0 Å². The van der Waals surface area contributed by atoms with Crippen LogP contribution in [0.1, 0.15) is 33.6 Å². The van der Waals surface area contributed by atoms with Gasteiger partial charge in [-0.1, -0.05) is 33.0 Å². The number of carbonyl (C=O) groups excluding carboxylic acids is 1. The lowest BCUT2D eigenvalue weighted by Crippen LogP contribution is -2.81. The van der Waals surface area contributed by atoms with Gasteiger partial charge in [-0.05, 0) is 39.9 Å². The maximum absolute atomic E-state index is 14.9. The molecule has 1 aliphatic heterocycles. The van der Waals surface area contributed by atoms with Crippen molar-refractivity contribution < 1.29 is 18.0 Å². The van der Waals surface area contributed by atoms with Gasteiger partial charge in [0.1, 0.15) is 13.3 Å². The van der Waals surface area contributed by atoms with Gasteiger partial charge < -0.3 is 8.85 Å². The Morgan fingerprint density at radius 2 is 1.87 bits per heavy atom. The van der Waals surface area contributed by atoms with Gasteiger partial charge in [0.2, 0.25) is 7.83 Å². The molecule has 1 saturated heterocycles. The van der Waals surface area contributed by atoms with Crippen molar-refractivity contribution in [1.82, 2.24) is 0 Å². The Hall–Kier alpha value is -0.249. The molecule has 0 N–H and O–H groups in total. The van der Waals surface area contributed by atoms with Gasteiger partial charge in [0, 0.05) is 11.6 Å². The first-order valence-corrected chi connectivity index (χ1v) is 19.0. The number of hydrogen-bond acceptors (Lipinski definition) is 3. The molecule has 0 saturated carbocycles. The lowest BCUT2D eigenvalue weighted by molar-refractivity contribution is -0.130. The molecule has 0 bridgehead atoms. The molecule has 0 spiro atoms. The smallest absolute Gasteiger partial charge is 0.319 e. The van der Waals surface area contributed by atoms with Crippen LogP contribution in [0, 0.1) is 0 Å². The van der Waals surface area contributed by atoms with Crippen molar-refractivity contribution in [2.75, 3.05) is 0 Å². The molecular formula is C16H33FO3Si3. The van der Waals surface area contributed by atoms with Crippen molar-refractivity contribution in [1.29, 1.82) is 0 Å². The van der Waals surface area contributed by atoms with E-state index in [9.17, 15) is 9.18 Å². The van der Waals surface area contributed by atoms with Crippen LogP contribution in [-0.4, -0.2) is 40.5 Å². The number of rotatable bonds is 5. The first-order valence-electron chi connectivity index (χ1n) is 8.45. The van der Waals surface area contributed by atoms with Crippen LogP contribution in [0.15, 0.2) is 12.2 Å². The monoisotopic (exact) mass is 376 g/mol. The van der Waals surface area contributed by atoms with Crippen LogP contribution in [0.2, 0.25) is 38.8 Å². The zero-order chi connectivity index (χ0) is 18.3. The molecule has 0 aliphatic carbocycles. The van der Waals surface area contributed by atoms with E-state index in [1.165, 1.54) is 0 Å². The first-order chi connectivity index (χ1) is 10.2.